The summed E-state index contributed by atoms with van der Waals surface area (Å²) in [6, 6.07) is 5.66. The van der Waals surface area contributed by atoms with E-state index >= 15 is 0 Å². The van der Waals surface area contributed by atoms with Crippen molar-refractivity contribution in [3.05, 3.63) is 45.7 Å². The van der Waals surface area contributed by atoms with E-state index < -0.39 is 5.91 Å². The molecular weight excluding hydrogens is 530 g/mol. The van der Waals surface area contributed by atoms with Gasteiger partial charge in [-0.3, -0.25) is 9.69 Å². The summed E-state index contributed by atoms with van der Waals surface area (Å²) in [6.45, 7) is 4.24. The number of methoxy groups -OCH3 is 1. The van der Waals surface area contributed by atoms with Crippen molar-refractivity contribution in [3.63, 3.8) is 0 Å². The molecule has 1 aliphatic heterocycles. The van der Waals surface area contributed by atoms with Crippen molar-refractivity contribution in [2.24, 2.45) is 5.10 Å². The highest BCUT2D eigenvalue weighted by molar-refractivity contribution is 8.00. The van der Waals surface area contributed by atoms with Gasteiger partial charge in [0.2, 0.25) is 11.6 Å². The van der Waals surface area contributed by atoms with E-state index in [-0.39, 0.29) is 17.3 Å². The zero-order valence-electron chi connectivity index (χ0n) is 20.7. The Morgan fingerprint density at radius 3 is 2.84 bits per heavy atom. The van der Waals surface area contributed by atoms with E-state index in [0.29, 0.717) is 18.0 Å². The van der Waals surface area contributed by atoms with Crippen LogP contribution in [0.4, 0.5) is 5.82 Å². The van der Waals surface area contributed by atoms with Crippen LogP contribution >= 0.6 is 23.1 Å². The summed E-state index contributed by atoms with van der Waals surface area (Å²) in [4.78, 5) is 15.5. The number of nitrogens with two attached hydrogens (primary N) is 1. The lowest BCUT2D eigenvalue weighted by molar-refractivity contribution is 0.0945. The topological polar surface area (TPSA) is 175 Å². The van der Waals surface area contributed by atoms with E-state index in [9.17, 15) is 4.79 Å². The van der Waals surface area contributed by atoms with Gasteiger partial charge >= 0.3 is 0 Å². The van der Waals surface area contributed by atoms with Crippen LogP contribution in [0.3, 0.4) is 0 Å². The van der Waals surface area contributed by atoms with Gasteiger partial charge in [-0.25, -0.2) is 10.1 Å². The Kier molecular flexibility index (Phi) is 7.90. The molecule has 4 heterocycles. The Labute approximate surface area is 225 Å². The molecule has 0 saturated carbocycles. The van der Waals surface area contributed by atoms with Crippen LogP contribution in [0.15, 0.2) is 32.3 Å². The maximum absolute atomic E-state index is 13.2. The number of aryl methyl sites for hydroxylation is 1. The number of rotatable bonds is 10. The molecule has 3 N–H and O–H groups in total. The molecule has 0 spiro atoms. The number of aromatic nitrogens is 7. The molecule has 16 heteroatoms. The van der Waals surface area contributed by atoms with Crippen molar-refractivity contribution in [3.8, 4) is 11.6 Å². The number of nitrogen functional groups attached to an aromatic ring is 1. The number of likely N-dealkylation sites (tertiary alicyclic amines) is 1. The number of hydrogen-bond acceptors (Lipinski definition) is 14. The third-order valence-corrected chi connectivity index (χ3v) is 7.79. The molecule has 4 aromatic rings. The second kappa shape index (κ2) is 11.7. The van der Waals surface area contributed by atoms with Crippen LogP contribution < -0.4 is 15.9 Å². The average molecular weight is 556 g/mol. The van der Waals surface area contributed by atoms with Crippen molar-refractivity contribution >= 4 is 41.0 Å². The zero-order chi connectivity index (χ0) is 26.5. The van der Waals surface area contributed by atoms with Crippen molar-refractivity contribution in [1.82, 2.24) is 45.8 Å². The number of nitrogens with zero attached hydrogens (tertiary/aromatic N) is 9. The predicted molar refractivity (Wildman–Crippen MR) is 140 cm³/mol. The fraction of sp³-hybridized carbons (Fsp3) is 0.364. The van der Waals surface area contributed by atoms with Crippen LogP contribution in [0.5, 0.6) is 5.75 Å². The minimum Gasteiger partial charge on any atom is -0.496 e. The third-order valence-electron chi connectivity index (χ3n) is 5.77. The first-order valence-corrected chi connectivity index (χ1v) is 13.5. The second-order valence-electron chi connectivity index (χ2n) is 8.40. The van der Waals surface area contributed by atoms with Crippen molar-refractivity contribution in [2.75, 3.05) is 25.9 Å². The van der Waals surface area contributed by atoms with Gasteiger partial charge in [0.25, 0.3) is 5.91 Å². The SMILES string of the molecule is COc1ccc(C=NNC(=O)c2c(CN3CCCC3)nnn2-c2nonc2N)cc1CSc1nnc(C)s1. The van der Waals surface area contributed by atoms with Crippen LogP contribution in [0.2, 0.25) is 0 Å². The predicted octanol–water partition coefficient (Wildman–Crippen LogP) is 2.05. The molecule has 1 fully saturated rings. The Balaban J connectivity index is 1.32. The molecule has 198 valence electrons. The highest BCUT2D eigenvalue weighted by Gasteiger charge is 2.26. The van der Waals surface area contributed by atoms with E-state index in [1.165, 1.54) is 4.68 Å². The number of anilines is 1. The fourth-order valence-electron chi connectivity index (χ4n) is 3.97. The molecule has 0 bridgehead atoms. The van der Waals surface area contributed by atoms with Crippen molar-refractivity contribution in [1.29, 1.82) is 0 Å². The van der Waals surface area contributed by atoms with Gasteiger partial charge in [0.1, 0.15) is 16.5 Å². The summed E-state index contributed by atoms with van der Waals surface area (Å²) in [5.74, 6) is 0.956. The Hall–Kier alpha value is -3.89. The van der Waals surface area contributed by atoms with Crippen LogP contribution in [-0.4, -0.2) is 72.7 Å². The third kappa shape index (κ3) is 5.81. The summed E-state index contributed by atoms with van der Waals surface area (Å²) in [6.07, 6.45) is 3.76. The smallest absolute Gasteiger partial charge is 0.292 e. The number of hydrogen-bond donors (Lipinski definition) is 2. The maximum atomic E-state index is 13.2. The average Bonchev–Trinajstić information content (AvgIpc) is 3.72. The van der Waals surface area contributed by atoms with E-state index in [0.717, 1.165) is 52.2 Å². The summed E-state index contributed by atoms with van der Waals surface area (Å²) < 4.78 is 12.3. The molecule has 0 atom stereocenters. The molecule has 14 nitrogen and oxygen atoms in total. The van der Waals surface area contributed by atoms with Gasteiger partial charge in [0.15, 0.2) is 10.0 Å². The Morgan fingerprint density at radius 1 is 1.29 bits per heavy atom. The van der Waals surface area contributed by atoms with Gasteiger partial charge < -0.3 is 10.5 Å². The normalized spacial score (nSPS) is 13.9. The Morgan fingerprint density at radius 2 is 2.13 bits per heavy atom. The van der Waals surface area contributed by atoms with Gasteiger partial charge in [-0.2, -0.15) is 9.78 Å². The van der Waals surface area contributed by atoms with Gasteiger partial charge in [0.05, 0.1) is 13.3 Å². The number of thioether (sulfide) groups is 1. The molecule has 1 saturated heterocycles. The number of hydrazone groups is 1. The number of benzene rings is 1. The molecule has 1 aromatic carbocycles. The van der Waals surface area contributed by atoms with Crippen LogP contribution in [0.25, 0.3) is 5.82 Å². The van der Waals surface area contributed by atoms with E-state index in [4.69, 9.17) is 15.1 Å². The lowest BCUT2D eigenvalue weighted by Gasteiger charge is -2.13. The maximum Gasteiger partial charge on any atom is 0.292 e. The zero-order valence-corrected chi connectivity index (χ0v) is 22.3. The fourth-order valence-corrected chi connectivity index (χ4v) is 5.77. The number of carbonyl (C=O) groups is 1. The number of carbonyl (C=O) groups excluding carboxylic acids is 1. The molecule has 0 unspecified atom stereocenters. The quantitative estimate of drug-likeness (QED) is 0.166. The Bertz CT molecular complexity index is 1440. The monoisotopic (exact) mass is 555 g/mol. The minimum atomic E-state index is -0.515. The number of amides is 1. The molecule has 0 aliphatic carbocycles. The number of nitrogens with one attached hydrogen (secondary N) is 1. The molecule has 0 radical (unpaired) electrons. The van der Waals surface area contributed by atoms with Gasteiger partial charge in [-0.1, -0.05) is 28.3 Å². The van der Waals surface area contributed by atoms with Gasteiger partial charge in [-0.05, 0) is 66.9 Å². The summed E-state index contributed by atoms with van der Waals surface area (Å²) in [5.41, 5.74) is 10.8. The summed E-state index contributed by atoms with van der Waals surface area (Å²) in [5, 5.41) is 28.9. The van der Waals surface area contributed by atoms with Gasteiger partial charge in [-0.15, -0.1) is 15.3 Å². The van der Waals surface area contributed by atoms with Crippen LogP contribution in [0, 0.1) is 6.92 Å². The minimum absolute atomic E-state index is 0.00695. The second-order valence-corrected chi connectivity index (χ2v) is 10.8. The standard InChI is InChI=1S/C22H25N11O3S2/c1-13-25-28-22(38-13)37-12-15-9-14(5-6-17(15)35-2)10-24-27-21(34)18-16(11-32-7-3-4-8-32)26-31-33(18)20-19(23)29-36-30-20/h5-6,9-10H,3-4,7-8,11-12H2,1-2H3,(H2,23,29)(H,27,34). The van der Waals surface area contributed by atoms with Gasteiger partial charge in [0, 0.05) is 17.9 Å². The van der Waals surface area contributed by atoms with Crippen LogP contribution in [-0.2, 0) is 12.3 Å². The lowest BCUT2D eigenvalue weighted by Crippen LogP contribution is -2.26. The molecule has 38 heavy (non-hydrogen) atoms. The summed E-state index contributed by atoms with van der Waals surface area (Å²) in [7, 11) is 1.63. The van der Waals surface area contributed by atoms with E-state index in [2.05, 4.69) is 46.2 Å². The van der Waals surface area contributed by atoms with Crippen molar-refractivity contribution < 1.29 is 14.2 Å². The highest BCUT2D eigenvalue weighted by Crippen LogP contribution is 2.30. The first-order valence-electron chi connectivity index (χ1n) is 11.7. The lowest BCUT2D eigenvalue weighted by atomic mass is 10.1. The molecule has 1 aliphatic rings. The highest BCUT2D eigenvalue weighted by atomic mass is 32.2. The van der Waals surface area contributed by atoms with Crippen molar-refractivity contribution in [2.45, 2.75) is 36.4 Å². The molecule has 3 aromatic heterocycles. The summed E-state index contributed by atoms with van der Waals surface area (Å²) >= 11 is 3.12. The molecule has 5 rings (SSSR count). The first-order chi connectivity index (χ1) is 18.5. The largest absolute Gasteiger partial charge is 0.496 e. The molecule has 1 amide bonds. The van der Waals surface area contributed by atoms with E-state index in [1.54, 1.807) is 36.4 Å². The molecular formula is C22H25N11O3S2. The first kappa shape index (κ1) is 25.7. The number of ether oxygens (including phenoxy) is 1. The van der Waals surface area contributed by atoms with Crippen LogP contribution in [0.1, 0.15) is 45.2 Å². The van der Waals surface area contributed by atoms with E-state index in [1.807, 2.05) is 25.1 Å².